The largest absolute Gasteiger partial charge is 0.484 e. The monoisotopic (exact) mass is 529 g/mol. The number of amides is 1. The van der Waals surface area contributed by atoms with Crippen molar-refractivity contribution in [3.8, 4) is 5.75 Å². The third-order valence-corrected chi connectivity index (χ3v) is 5.85. The summed E-state index contributed by atoms with van der Waals surface area (Å²) in [6, 6.07) is 19.1. The molecule has 9 heteroatoms. The van der Waals surface area contributed by atoms with Crippen molar-refractivity contribution in [2.24, 2.45) is 0 Å². The lowest BCUT2D eigenvalue weighted by Gasteiger charge is -2.23. The van der Waals surface area contributed by atoms with E-state index in [1.165, 1.54) is 17.0 Å². The fraction of sp³-hybridized carbons (Fsp3) is 0.310. The predicted molar refractivity (Wildman–Crippen MR) is 136 cm³/mol. The van der Waals surface area contributed by atoms with Gasteiger partial charge in [-0.25, -0.2) is 4.79 Å². The van der Waals surface area contributed by atoms with Crippen LogP contribution in [0.4, 0.5) is 13.2 Å². The standard InChI is InChI=1S/C29H30F3NO5/c1-3-37-26(28(35)36)16-21-10-14-25(15-11-21)38-19-27(34)33(17-22-6-4-20(2)5-7-22)18-23-8-12-24(13-9-23)29(30,31)32/h4-15,26H,3,16-19H2,1-2H3,(H,35,36)/t26-/m0/s1. The summed E-state index contributed by atoms with van der Waals surface area (Å²) >= 11 is 0. The number of rotatable bonds is 12. The highest BCUT2D eigenvalue weighted by Gasteiger charge is 2.30. The van der Waals surface area contributed by atoms with Crippen molar-refractivity contribution in [1.82, 2.24) is 4.90 Å². The van der Waals surface area contributed by atoms with E-state index in [9.17, 15) is 27.9 Å². The fourth-order valence-electron chi connectivity index (χ4n) is 3.76. The van der Waals surface area contributed by atoms with Crippen molar-refractivity contribution in [2.75, 3.05) is 13.2 Å². The summed E-state index contributed by atoms with van der Waals surface area (Å²) in [6.45, 7) is 4.06. The highest BCUT2D eigenvalue weighted by atomic mass is 19.4. The number of benzene rings is 3. The van der Waals surface area contributed by atoms with E-state index in [-0.39, 0.29) is 38.6 Å². The summed E-state index contributed by atoms with van der Waals surface area (Å²) in [5.74, 6) is -0.952. The molecule has 0 radical (unpaired) electrons. The van der Waals surface area contributed by atoms with E-state index in [1.54, 1.807) is 31.2 Å². The van der Waals surface area contributed by atoms with E-state index >= 15 is 0 Å². The lowest BCUT2D eigenvalue weighted by Crippen LogP contribution is -2.34. The molecular formula is C29H30F3NO5. The average molecular weight is 530 g/mol. The van der Waals surface area contributed by atoms with Gasteiger partial charge in [-0.05, 0) is 54.8 Å². The van der Waals surface area contributed by atoms with E-state index < -0.39 is 23.8 Å². The first kappa shape index (κ1) is 28.7. The molecule has 3 aromatic rings. The van der Waals surface area contributed by atoms with Gasteiger partial charge in [0, 0.05) is 26.1 Å². The molecule has 0 aromatic heterocycles. The molecule has 0 aliphatic rings. The highest BCUT2D eigenvalue weighted by Crippen LogP contribution is 2.29. The number of aryl methyl sites for hydroxylation is 1. The molecule has 0 saturated carbocycles. The van der Waals surface area contributed by atoms with Crippen LogP contribution in [0.3, 0.4) is 0 Å². The molecule has 0 bridgehead atoms. The van der Waals surface area contributed by atoms with Crippen LogP contribution >= 0.6 is 0 Å². The molecule has 1 atom stereocenters. The van der Waals surface area contributed by atoms with E-state index in [1.807, 2.05) is 31.2 Å². The van der Waals surface area contributed by atoms with Gasteiger partial charge in [0.15, 0.2) is 12.7 Å². The molecule has 0 heterocycles. The Kier molecular flexibility index (Phi) is 9.90. The summed E-state index contributed by atoms with van der Waals surface area (Å²) in [4.78, 5) is 25.9. The Hall–Kier alpha value is -3.85. The van der Waals surface area contributed by atoms with Crippen LogP contribution in [0.1, 0.15) is 34.7 Å². The molecule has 3 rings (SSSR count). The number of carbonyl (C=O) groups excluding carboxylic acids is 1. The molecule has 0 saturated heterocycles. The Morgan fingerprint density at radius 1 is 0.868 bits per heavy atom. The first-order chi connectivity index (χ1) is 18.0. The third kappa shape index (κ3) is 8.62. The number of hydrogen-bond acceptors (Lipinski definition) is 4. The number of halogens is 3. The minimum atomic E-state index is -4.43. The summed E-state index contributed by atoms with van der Waals surface area (Å²) < 4.78 is 49.7. The number of aliphatic carboxylic acids is 1. The van der Waals surface area contributed by atoms with Crippen LogP contribution < -0.4 is 4.74 Å². The van der Waals surface area contributed by atoms with Crippen LogP contribution in [0.2, 0.25) is 0 Å². The zero-order chi connectivity index (χ0) is 27.7. The Balaban J connectivity index is 1.67. The number of nitrogens with zero attached hydrogens (tertiary/aromatic N) is 1. The zero-order valence-electron chi connectivity index (χ0n) is 21.2. The van der Waals surface area contributed by atoms with Crippen molar-refractivity contribution >= 4 is 11.9 Å². The second kappa shape index (κ2) is 13.1. The molecule has 0 fully saturated rings. The molecular weight excluding hydrogens is 499 g/mol. The van der Waals surface area contributed by atoms with Crippen LogP contribution in [0.5, 0.6) is 5.75 Å². The Morgan fingerprint density at radius 2 is 1.39 bits per heavy atom. The zero-order valence-corrected chi connectivity index (χ0v) is 21.2. The summed E-state index contributed by atoms with van der Waals surface area (Å²) in [5, 5.41) is 9.25. The van der Waals surface area contributed by atoms with Crippen LogP contribution in [0, 0.1) is 6.92 Å². The highest BCUT2D eigenvalue weighted by molar-refractivity contribution is 5.78. The number of carboxylic acid groups (broad SMARTS) is 1. The molecule has 0 aliphatic carbocycles. The maximum atomic E-state index is 13.1. The number of hydrogen-bond donors (Lipinski definition) is 1. The van der Waals surface area contributed by atoms with Gasteiger partial charge in [0.25, 0.3) is 5.91 Å². The predicted octanol–water partition coefficient (Wildman–Crippen LogP) is 5.65. The summed E-state index contributed by atoms with van der Waals surface area (Å²) in [6.07, 6.45) is -5.19. The van der Waals surface area contributed by atoms with Gasteiger partial charge in [0.1, 0.15) is 5.75 Å². The Bertz CT molecular complexity index is 1190. The van der Waals surface area contributed by atoms with Crippen molar-refractivity contribution in [1.29, 1.82) is 0 Å². The van der Waals surface area contributed by atoms with Gasteiger partial charge in [-0.3, -0.25) is 4.79 Å². The van der Waals surface area contributed by atoms with Crippen LogP contribution in [-0.4, -0.2) is 41.2 Å². The molecule has 1 N–H and O–H groups in total. The molecule has 202 valence electrons. The van der Waals surface area contributed by atoms with Gasteiger partial charge >= 0.3 is 12.1 Å². The van der Waals surface area contributed by atoms with E-state index in [4.69, 9.17) is 9.47 Å². The van der Waals surface area contributed by atoms with Crippen molar-refractivity contribution in [2.45, 2.75) is 45.6 Å². The smallest absolute Gasteiger partial charge is 0.416 e. The van der Waals surface area contributed by atoms with Crippen LogP contribution in [0.15, 0.2) is 72.8 Å². The Morgan fingerprint density at radius 3 is 1.89 bits per heavy atom. The number of carboxylic acids is 1. The molecule has 1 amide bonds. The third-order valence-electron chi connectivity index (χ3n) is 5.85. The van der Waals surface area contributed by atoms with E-state index in [0.717, 1.165) is 28.8 Å². The van der Waals surface area contributed by atoms with Crippen LogP contribution in [0.25, 0.3) is 0 Å². The second-order valence-corrected chi connectivity index (χ2v) is 8.85. The molecule has 38 heavy (non-hydrogen) atoms. The fourth-order valence-corrected chi connectivity index (χ4v) is 3.76. The van der Waals surface area contributed by atoms with E-state index in [2.05, 4.69) is 0 Å². The minimum Gasteiger partial charge on any atom is -0.484 e. The lowest BCUT2D eigenvalue weighted by atomic mass is 10.1. The van der Waals surface area contributed by atoms with Gasteiger partial charge < -0.3 is 19.5 Å². The topological polar surface area (TPSA) is 76.1 Å². The van der Waals surface area contributed by atoms with Crippen LogP contribution in [-0.2, 0) is 40.0 Å². The quantitative estimate of drug-likeness (QED) is 0.328. The maximum Gasteiger partial charge on any atom is 0.416 e. The minimum absolute atomic E-state index is 0.112. The maximum absolute atomic E-state index is 13.1. The molecule has 6 nitrogen and oxygen atoms in total. The molecule has 3 aromatic carbocycles. The van der Waals surface area contributed by atoms with Crippen molar-refractivity contribution < 1.29 is 37.3 Å². The van der Waals surface area contributed by atoms with Gasteiger partial charge in [0.2, 0.25) is 0 Å². The molecule has 0 unspecified atom stereocenters. The van der Waals surface area contributed by atoms with Gasteiger partial charge in [-0.1, -0.05) is 54.1 Å². The average Bonchev–Trinajstić information content (AvgIpc) is 2.88. The number of alkyl halides is 3. The lowest BCUT2D eigenvalue weighted by molar-refractivity contribution is -0.150. The number of carbonyl (C=O) groups is 2. The molecule has 0 spiro atoms. The first-order valence-corrected chi connectivity index (χ1v) is 12.1. The Labute approximate surface area is 219 Å². The molecule has 0 aliphatic heterocycles. The number of ether oxygens (including phenoxy) is 2. The van der Waals surface area contributed by atoms with E-state index in [0.29, 0.717) is 11.3 Å². The van der Waals surface area contributed by atoms with Crippen molar-refractivity contribution in [3.63, 3.8) is 0 Å². The second-order valence-electron chi connectivity index (χ2n) is 8.85. The van der Waals surface area contributed by atoms with Gasteiger partial charge in [0.05, 0.1) is 5.56 Å². The summed E-state index contributed by atoms with van der Waals surface area (Å²) in [5.41, 5.74) is 2.50. The first-order valence-electron chi connectivity index (χ1n) is 12.1. The van der Waals surface area contributed by atoms with Gasteiger partial charge in [-0.15, -0.1) is 0 Å². The SMILES string of the molecule is CCO[C@@H](Cc1ccc(OCC(=O)N(Cc2ccc(C)cc2)Cc2ccc(C(F)(F)F)cc2)cc1)C(=O)O. The van der Waals surface area contributed by atoms with Gasteiger partial charge in [-0.2, -0.15) is 13.2 Å². The summed E-state index contributed by atoms with van der Waals surface area (Å²) in [7, 11) is 0. The normalized spacial score (nSPS) is 12.1. The van der Waals surface area contributed by atoms with Crippen molar-refractivity contribution in [3.05, 3.63) is 101 Å².